The molecular weight excluding hydrogens is 162 g/mol. The minimum atomic E-state index is -1.12. The number of amides is 1. The van der Waals surface area contributed by atoms with Crippen molar-refractivity contribution in [3.63, 3.8) is 0 Å². The number of nitrogens with one attached hydrogen (secondary N) is 1. The molecule has 5 nitrogen and oxygen atoms in total. The van der Waals surface area contributed by atoms with Crippen LogP contribution in [0.2, 0.25) is 0 Å². The van der Waals surface area contributed by atoms with Crippen molar-refractivity contribution >= 4 is 6.09 Å². The van der Waals surface area contributed by atoms with Crippen LogP contribution >= 0.6 is 0 Å². The van der Waals surface area contributed by atoms with Crippen LogP contribution in [-0.4, -0.2) is 41.2 Å². The van der Waals surface area contributed by atoms with Crippen molar-refractivity contribution < 1.29 is 19.7 Å². The van der Waals surface area contributed by atoms with Crippen LogP contribution in [0.25, 0.3) is 0 Å². The Hall–Kier alpha value is -0.810. The predicted octanol–water partition coefficient (Wildman–Crippen LogP) is -0.208. The van der Waals surface area contributed by atoms with Crippen molar-refractivity contribution in [1.82, 2.24) is 5.32 Å². The number of aliphatic hydroxyl groups is 1. The highest BCUT2D eigenvalue weighted by atomic mass is 16.5. The van der Waals surface area contributed by atoms with E-state index in [0.29, 0.717) is 6.42 Å². The van der Waals surface area contributed by atoms with Crippen molar-refractivity contribution in [1.29, 1.82) is 0 Å². The highest BCUT2D eigenvalue weighted by Crippen LogP contribution is 2.16. The van der Waals surface area contributed by atoms with Crippen molar-refractivity contribution in [2.24, 2.45) is 0 Å². The molecule has 1 unspecified atom stereocenters. The van der Waals surface area contributed by atoms with Crippen LogP contribution < -0.4 is 5.32 Å². The van der Waals surface area contributed by atoms with E-state index in [9.17, 15) is 9.90 Å². The minimum absolute atomic E-state index is 0.198. The molecule has 70 valence electrons. The maximum absolute atomic E-state index is 10.3. The molecule has 1 heterocycles. The molecule has 3 atom stereocenters. The lowest BCUT2D eigenvalue weighted by molar-refractivity contribution is 0.0851. The predicted molar refractivity (Wildman–Crippen MR) is 41.0 cm³/mol. The van der Waals surface area contributed by atoms with Gasteiger partial charge in [-0.2, -0.15) is 0 Å². The SMILES string of the molecule is CC[C@@H]1OCC(O)[C@@H]1NC(=O)O. The van der Waals surface area contributed by atoms with Crippen molar-refractivity contribution in [3.8, 4) is 0 Å². The van der Waals surface area contributed by atoms with Gasteiger partial charge >= 0.3 is 6.09 Å². The molecule has 0 radical (unpaired) electrons. The fourth-order valence-corrected chi connectivity index (χ4v) is 1.38. The molecule has 1 saturated heterocycles. The van der Waals surface area contributed by atoms with E-state index in [1.54, 1.807) is 0 Å². The van der Waals surface area contributed by atoms with Crippen molar-refractivity contribution in [2.45, 2.75) is 31.6 Å². The molecule has 0 spiro atoms. The smallest absolute Gasteiger partial charge is 0.405 e. The number of hydrogen-bond donors (Lipinski definition) is 3. The van der Waals surface area contributed by atoms with E-state index in [2.05, 4.69) is 5.32 Å². The maximum Gasteiger partial charge on any atom is 0.405 e. The first kappa shape index (κ1) is 9.28. The maximum atomic E-state index is 10.3. The summed E-state index contributed by atoms with van der Waals surface area (Å²) in [6, 6.07) is -0.479. The van der Waals surface area contributed by atoms with Crippen LogP contribution in [0.3, 0.4) is 0 Å². The van der Waals surface area contributed by atoms with Gasteiger partial charge in [0.25, 0.3) is 0 Å². The Kier molecular flexibility index (Phi) is 2.88. The fourth-order valence-electron chi connectivity index (χ4n) is 1.38. The van der Waals surface area contributed by atoms with Gasteiger partial charge in [-0.25, -0.2) is 4.79 Å². The Morgan fingerprint density at radius 2 is 2.42 bits per heavy atom. The number of carbonyl (C=O) groups is 1. The van der Waals surface area contributed by atoms with Gasteiger partial charge in [0, 0.05) is 0 Å². The van der Waals surface area contributed by atoms with Crippen molar-refractivity contribution in [2.75, 3.05) is 6.61 Å². The minimum Gasteiger partial charge on any atom is -0.465 e. The van der Waals surface area contributed by atoms with Crippen LogP contribution in [-0.2, 0) is 4.74 Å². The number of rotatable bonds is 2. The average Bonchev–Trinajstić information content (AvgIpc) is 2.32. The summed E-state index contributed by atoms with van der Waals surface area (Å²) in [5.74, 6) is 0. The molecule has 0 saturated carbocycles. The third kappa shape index (κ3) is 1.86. The zero-order chi connectivity index (χ0) is 9.14. The molecule has 12 heavy (non-hydrogen) atoms. The first-order chi connectivity index (χ1) is 5.65. The lowest BCUT2D eigenvalue weighted by Crippen LogP contribution is -2.45. The molecule has 1 aliphatic heterocycles. The second-order valence-corrected chi connectivity index (χ2v) is 2.82. The van der Waals surface area contributed by atoms with E-state index >= 15 is 0 Å². The van der Waals surface area contributed by atoms with Gasteiger partial charge in [0.05, 0.1) is 18.8 Å². The van der Waals surface area contributed by atoms with Gasteiger partial charge in [-0.15, -0.1) is 0 Å². The molecule has 0 aromatic rings. The van der Waals surface area contributed by atoms with Crippen LogP contribution in [0.15, 0.2) is 0 Å². The third-order valence-corrected chi connectivity index (χ3v) is 1.99. The van der Waals surface area contributed by atoms with E-state index in [1.165, 1.54) is 0 Å². The van der Waals surface area contributed by atoms with E-state index in [1.807, 2.05) is 6.92 Å². The summed E-state index contributed by atoms with van der Waals surface area (Å²) in [5.41, 5.74) is 0. The highest BCUT2D eigenvalue weighted by molar-refractivity contribution is 5.65. The summed E-state index contributed by atoms with van der Waals surface area (Å²) >= 11 is 0. The summed E-state index contributed by atoms with van der Waals surface area (Å²) in [4.78, 5) is 10.3. The van der Waals surface area contributed by atoms with Crippen molar-refractivity contribution in [3.05, 3.63) is 0 Å². The largest absolute Gasteiger partial charge is 0.465 e. The second kappa shape index (κ2) is 3.73. The molecule has 0 bridgehead atoms. The van der Waals surface area contributed by atoms with E-state index in [0.717, 1.165) is 0 Å². The summed E-state index contributed by atoms with van der Waals surface area (Å²) in [6.07, 6.45) is -1.34. The summed E-state index contributed by atoms with van der Waals surface area (Å²) in [5, 5.41) is 19.9. The Balaban J connectivity index is 2.51. The van der Waals surface area contributed by atoms with E-state index in [-0.39, 0.29) is 12.7 Å². The number of carboxylic acid groups (broad SMARTS) is 1. The first-order valence-corrected chi connectivity index (χ1v) is 3.94. The van der Waals surface area contributed by atoms with Gasteiger partial charge in [0.15, 0.2) is 0 Å². The van der Waals surface area contributed by atoms with E-state index < -0.39 is 18.2 Å². The Morgan fingerprint density at radius 1 is 1.75 bits per heavy atom. The molecular formula is C7H13NO4. The van der Waals surface area contributed by atoms with Crippen LogP contribution in [0.4, 0.5) is 4.79 Å². The van der Waals surface area contributed by atoms with Gasteiger partial charge < -0.3 is 20.3 Å². The molecule has 1 amide bonds. The zero-order valence-corrected chi connectivity index (χ0v) is 6.86. The Labute approximate surface area is 70.3 Å². The number of hydrogen-bond acceptors (Lipinski definition) is 3. The second-order valence-electron chi connectivity index (χ2n) is 2.82. The van der Waals surface area contributed by atoms with Crippen LogP contribution in [0.5, 0.6) is 0 Å². The lowest BCUT2D eigenvalue weighted by atomic mass is 10.1. The summed E-state index contributed by atoms with van der Waals surface area (Å²) in [6.45, 7) is 2.10. The summed E-state index contributed by atoms with van der Waals surface area (Å²) in [7, 11) is 0. The topological polar surface area (TPSA) is 78.8 Å². The van der Waals surface area contributed by atoms with Gasteiger partial charge in [-0.3, -0.25) is 0 Å². The van der Waals surface area contributed by atoms with Gasteiger partial charge in [-0.1, -0.05) is 6.92 Å². The lowest BCUT2D eigenvalue weighted by Gasteiger charge is -2.18. The van der Waals surface area contributed by atoms with E-state index in [4.69, 9.17) is 9.84 Å². The summed E-state index contributed by atoms with van der Waals surface area (Å²) < 4.78 is 5.15. The molecule has 0 aromatic heterocycles. The molecule has 1 rings (SSSR count). The zero-order valence-electron chi connectivity index (χ0n) is 6.86. The third-order valence-electron chi connectivity index (χ3n) is 1.99. The Bertz CT molecular complexity index is 173. The fraction of sp³-hybridized carbons (Fsp3) is 0.857. The number of ether oxygens (including phenoxy) is 1. The Morgan fingerprint density at radius 3 is 2.92 bits per heavy atom. The molecule has 5 heteroatoms. The quantitative estimate of drug-likeness (QED) is 0.542. The van der Waals surface area contributed by atoms with Gasteiger partial charge in [-0.05, 0) is 6.42 Å². The standard InChI is InChI=1S/C7H13NO4/c1-2-5-6(8-7(10)11)4(9)3-12-5/h4-6,8-9H,2-3H2,1H3,(H,10,11)/t4?,5-,6-/m0/s1. The molecule has 0 aliphatic carbocycles. The van der Waals surface area contributed by atoms with Gasteiger partial charge in [0.2, 0.25) is 0 Å². The van der Waals surface area contributed by atoms with Crippen LogP contribution in [0, 0.1) is 0 Å². The molecule has 0 aromatic carbocycles. The highest BCUT2D eigenvalue weighted by Gasteiger charge is 2.35. The molecule has 1 fully saturated rings. The first-order valence-electron chi connectivity index (χ1n) is 3.94. The molecule has 3 N–H and O–H groups in total. The monoisotopic (exact) mass is 175 g/mol. The molecule has 1 aliphatic rings. The normalized spacial score (nSPS) is 35.0. The van der Waals surface area contributed by atoms with Crippen LogP contribution in [0.1, 0.15) is 13.3 Å². The number of aliphatic hydroxyl groups excluding tert-OH is 1. The average molecular weight is 175 g/mol. The van der Waals surface area contributed by atoms with Gasteiger partial charge in [0.1, 0.15) is 6.10 Å².